The van der Waals surface area contributed by atoms with E-state index in [9.17, 15) is 17.6 Å². The first-order valence-corrected chi connectivity index (χ1v) is 14.1. The largest absolute Gasteiger partial charge is 0.283 e. The van der Waals surface area contributed by atoms with Gasteiger partial charge in [-0.05, 0) is 60.9 Å². The zero-order chi connectivity index (χ0) is 25.3. The third kappa shape index (κ3) is 5.15. The van der Waals surface area contributed by atoms with Gasteiger partial charge in [0.05, 0.1) is 27.6 Å². The second-order valence-corrected chi connectivity index (χ2v) is 12.1. The molecule has 0 N–H and O–H groups in total. The summed E-state index contributed by atoms with van der Waals surface area (Å²) in [4.78, 5) is 20.2. The lowest BCUT2D eigenvalue weighted by Gasteiger charge is -2.33. The van der Waals surface area contributed by atoms with Crippen molar-refractivity contribution < 1.29 is 17.6 Å². The predicted octanol–water partition coefficient (Wildman–Crippen LogP) is 5.72. The zero-order valence-electron chi connectivity index (χ0n) is 19.2. The van der Waals surface area contributed by atoms with E-state index in [0.29, 0.717) is 36.1 Å². The summed E-state index contributed by atoms with van der Waals surface area (Å²) in [6, 6.07) is 19.8. The molecule has 6 nitrogen and oxygen atoms in total. The molecule has 1 aliphatic rings. The number of hydrogen-bond donors (Lipinski definition) is 0. The number of halogens is 2. The number of nitrogens with zero attached hydrogens (tertiary/aromatic N) is 3. The van der Waals surface area contributed by atoms with Crippen molar-refractivity contribution in [2.45, 2.75) is 24.3 Å². The van der Waals surface area contributed by atoms with Crippen molar-refractivity contribution in [1.29, 1.82) is 0 Å². The van der Waals surface area contributed by atoms with Crippen molar-refractivity contribution in [3.63, 3.8) is 0 Å². The molecule has 1 saturated heterocycles. The number of hydrogen-bond acceptors (Lipinski definition) is 5. The topological polar surface area (TPSA) is 70.6 Å². The van der Waals surface area contributed by atoms with Crippen molar-refractivity contribution in [3.8, 4) is 0 Å². The van der Waals surface area contributed by atoms with Gasteiger partial charge in [-0.1, -0.05) is 53.3 Å². The molecule has 1 aromatic heterocycles. The van der Waals surface area contributed by atoms with Crippen LogP contribution in [0.1, 0.15) is 18.4 Å². The van der Waals surface area contributed by atoms with E-state index in [0.717, 1.165) is 27.9 Å². The SMILES string of the molecule is O=C(C1CCCN(S(=O)(=O)c2ccc(F)cc2)C1)N(Cc1ccccc1)c1nc2ccc(Cl)cc2s1. The van der Waals surface area contributed by atoms with Gasteiger partial charge in [0.25, 0.3) is 0 Å². The maximum atomic E-state index is 13.9. The highest BCUT2D eigenvalue weighted by Gasteiger charge is 2.36. The van der Waals surface area contributed by atoms with E-state index in [4.69, 9.17) is 11.6 Å². The van der Waals surface area contributed by atoms with Crippen LogP contribution in [0.15, 0.2) is 77.7 Å². The number of sulfonamides is 1. The van der Waals surface area contributed by atoms with Gasteiger partial charge < -0.3 is 0 Å². The molecule has 1 unspecified atom stereocenters. The molecule has 0 radical (unpaired) electrons. The van der Waals surface area contributed by atoms with Gasteiger partial charge in [-0.3, -0.25) is 9.69 Å². The van der Waals surface area contributed by atoms with Crippen LogP contribution in [0.4, 0.5) is 9.52 Å². The first-order chi connectivity index (χ1) is 17.3. The van der Waals surface area contributed by atoms with E-state index in [1.54, 1.807) is 11.0 Å². The fraction of sp³-hybridized carbons (Fsp3) is 0.231. The van der Waals surface area contributed by atoms with Crippen LogP contribution in [0.2, 0.25) is 5.02 Å². The number of rotatable bonds is 6. The fourth-order valence-corrected chi connectivity index (χ4v) is 7.12. The summed E-state index contributed by atoms with van der Waals surface area (Å²) in [6.45, 7) is 0.677. The molecule has 1 amide bonds. The summed E-state index contributed by atoms with van der Waals surface area (Å²) in [5.41, 5.74) is 1.68. The molecule has 1 aliphatic heterocycles. The minimum absolute atomic E-state index is 0.0150. The van der Waals surface area contributed by atoms with Crippen LogP contribution < -0.4 is 4.90 Å². The summed E-state index contributed by atoms with van der Waals surface area (Å²) < 4.78 is 41.9. The number of thiazole rings is 1. The third-order valence-corrected chi connectivity index (χ3v) is 9.36. The van der Waals surface area contributed by atoms with Crippen LogP contribution in [0.3, 0.4) is 0 Å². The quantitative estimate of drug-likeness (QED) is 0.312. The molecule has 1 fully saturated rings. The van der Waals surface area contributed by atoms with Gasteiger partial charge in [-0.25, -0.2) is 17.8 Å². The molecule has 186 valence electrons. The van der Waals surface area contributed by atoms with E-state index >= 15 is 0 Å². The van der Waals surface area contributed by atoms with Crippen LogP contribution in [-0.2, 0) is 21.4 Å². The van der Waals surface area contributed by atoms with Crippen molar-refractivity contribution in [1.82, 2.24) is 9.29 Å². The normalized spacial score (nSPS) is 16.8. The minimum Gasteiger partial charge on any atom is -0.283 e. The number of piperidine rings is 1. The van der Waals surface area contributed by atoms with E-state index in [-0.39, 0.29) is 17.3 Å². The van der Waals surface area contributed by atoms with Crippen molar-refractivity contribution in [3.05, 3.63) is 89.2 Å². The van der Waals surface area contributed by atoms with Gasteiger partial charge in [-0.2, -0.15) is 4.31 Å². The second-order valence-electron chi connectivity index (χ2n) is 8.67. The fourth-order valence-electron chi connectivity index (χ4n) is 4.35. The molecule has 0 bridgehead atoms. The number of anilines is 1. The Morgan fingerprint density at radius 1 is 1.11 bits per heavy atom. The first kappa shape index (κ1) is 24.8. The number of carbonyl (C=O) groups is 1. The second kappa shape index (κ2) is 10.3. The lowest BCUT2D eigenvalue weighted by molar-refractivity contribution is -0.123. The van der Waals surface area contributed by atoms with Crippen molar-refractivity contribution in [2.24, 2.45) is 5.92 Å². The molecule has 36 heavy (non-hydrogen) atoms. The van der Waals surface area contributed by atoms with Gasteiger partial charge in [0.1, 0.15) is 5.82 Å². The zero-order valence-corrected chi connectivity index (χ0v) is 21.6. The maximum Gasteiger partial charge on any atom is 0.243 e. The Labute approximate surface area is 218 Å². The van der Waals surface area contributed by atoms with Crippen LogP contribution in [0.25, 0.3) is 10.2 Å². The summed E-state index contributed by atoms with van der Waals surface area (Å²) >= 11 is 7.53. The van der Waals surface area contributed by atoms with Crippen molar-refractivity contribution in [2.75, 3.05) is 18.0 Å². The molecule has 0 spiro atoms. The standard InChI is InChI=1S/C26H23ClFN3O3S2/c27-20-8-13-23-24(15-20)35-26(29-23)31(16-18-5-2-1-3-6-18)25(32)19-7-4-14-30(17-19)36(33,34)22-11-9-21(28)10-12-22/h1-3,5-6,8-13,15,19H,4,7,14,16-17H2. The molecular formula is C26H23ClFN3O3S2. The summed E-state index contributed by atoms with van der Waals surface area (Å²) in [7, 11) is -3.85. The Morgan fingerprint density at radius 3 is 2.61 bits per heavy atom. The van der Waals surface area contributed by atoms with Crippen LogP contribution in [0, 0.1) is 11.7 Å². The first-order valence-electron chi connectivity index (χ1n) is 11.5. The van der Waals surface area contributed by atoms with E-state index in [1.165, 1.54) is 27.8 Å². The molecule has 3 aromatic carbocycles. The molecule has 10 heteroatoms. The molecule has 4 aromatic rings. The molecular weight excluding hydrogens is 521 g/mol. The maximum absolute atomic E-state index is 13.9. The molecule has 1 atom stereocenters. The van der Waals surface area contributed by atoms with Crippen LogP contribution >= 0.6 is 22.9 Å². The Kier molecular flexibility index (Phi) is 7.07. The van der Waals surface area contributed by atoms with E-state index in [1.807, 2.05) is 42.5 Å². The Hall–Kier alpha value is -2.85. The van der Waals surface area contributed by atoms with E-state index in [2.05, 4.69) is 4.98 Å². The lowest BCUT2D eigenvalue weighted by Crippen LogP contribution is -2.46. The monoisotopic (exact) mass is 543 g/mol. The Morgan fingerprint density at radius 2 is 1.86 bits per heavy atom. The highest BCUT2D eigenvalue weighted by Crippen LogP contribution is 2.34. The summed E-state index contributed by atoms with van der Waals surface area (Å²) in [5.74, 6) is -1.22. The highest BCUT2D eigenvalue weighted by atomic mass is 35.5. The van der Waals surface area contributed by atoms with E-state index < -0.39 is 21.8 Å². The molecule has 5 rings (SSSR count). The molecule has 0 aliphatic carbocycles. The Balaban J connectivity index is 1.44. The third-order valence-electron chi connectivity index (χ3n) is 6.20. The average Bonchev–Trinajstić information content (AvgIpc) is 3.31. The van der Waals surface area contributed by atoms with Gasteiger partial charge >= 0.3 is 0 Å². The lowest BCUT2D eigenvalue weighted by atomic mass is 9.98. The number of aromatic nitrogens is 1. The summed E-state index contributed by atoms with van der Waals surface area (Å²) in [5, 5.41) is 1.13. The Bertz CT molecular complexity index is 1490. The van der Waals surface area contributed by atoms with Crippen LogP contribution in [0.5, 0.6) is 0 Å². The number of carbonyl (C=O) groups excluding carboxylic acids is 1. The van der Waals surface area contributed by atoms with Gasteiger partial charge in [0, 0.05) is 18.1 Å². The predicted molar refractivity (Wildman–Crippen MR) is 140 cm³/mol. The molecule has 2 heterocycles. The number of benzene rings is 3. The minimum atomic E-state index is -3.85. The average molecular weight is 544 g/mol. The van der Waals surface area contributed by atoms with Crippen LogP contribution in [-0.4, -0.2) is 36.7 Å². The van der Waals surface area contributed by atoms with Gasteiger partial charge in [0.2, 0.25) is 15.9 Å². The van der Waals surface area contributed by atoms with Gasteiger partial charge in [0.15, 0.2) is 5.13 Å². The molecule has 0 saturated carbocycles. The summed E-state index contributed by atoms with van der Waals surface area (Å²) in [6.07, 6.45) is 1.11. The van der Waals surface area contributed by atoms with Gasteiger partial charge in [-0.15, -0.1) is 0 Å². The van der Waals surface area contributed by atoms with Crippen molar-refractivity contribution >= 4 is 54.2 Å². The number of fused-ring (bicyclic) bond motifs is 1. The highest BCUT2D eigenvalue weighted by molar-refractivity contribution is 7.89. The number of amides is 1. The smallest absolute Gasteiger partial charge is 0.243 e.